The maximum Gasteiger partial charge on any atom is 0.154 e. The zero-order valence-corrected chi connectivity index (χ0v) is 18.4. The molecule has 2 aromatic rings. The molecule has 0 aliphatic rings. The van der Waals surface area contributed by atoms with E-state index in [0.29, 0.717) is 11.1 Å². The molecule has 2 unspecified atom stereocenters. The summed E-state index contributed by atoms with van der Waals surface area (Å²) in [5, 5.41) is 0. The van der Waals surface area contributed by atoms with E-state index in [1.807, 2.05) is 71.0 Å². The lowest BCUT2D eigenvalue weighted by atomic mass is 9.83. The molecule has 150 valence electrons. The number of alkyl halides is 1. The van der Waals surface area contributed by atoms with E-state index < -0.39 is 5.67 Å². The van der Waals surface area contributed by atoms with E-state index in [1.165, 1.54) is 5.69 Å². The summed E-state index contributed by atoms with van der Waals surface area (Å²) in [6.07, 6.45) is 1.03. The van der Waals surface area contributed by atoms with Gasteiger partial charge in [-0.3, -0.25) is 4.98 Å². The van der Waals surface area contributed by atoms with Crippen molar-refractivity contribution in [2.75, 3.05) is 0 Å². The summed E-state index contributed by atoms with van der Waals surface area (Å²) in [6.45, 7) is 18.9. The van der Waals surface area contributed by atoms with Crippen LogP contribution in [0.2, 0.25) is 0 Å². The largest absolute Gasteiger partial charge is 0.324 e. The molecule has 1 aromatic heterocycles. The van der Waals surface area contributed by atoms with Crippen molar-refractivity contribution < 1.29 is 4.39 Å². The van der Waals surface area contributed by atoms with Gasteiger partial charge in [0.15, 0.2) is 5.67 Å². The Bertz CT molecular complexity index is 718. The van der Waals surface area contributed by atoms with Crippen molar-refractivity contribution in [2.24, 2.45) is 5.73 Å². The van der Waals surface area contributed by atoms with Gasteiger partial charge in [0.05, 0.1) is 0 Å². The van der Waals surface area contributed by atoms with Crippen LogP contribution in [-0.2, 0) is 12.1 Å². The molecule has 0 bridgehead atoms. The summed E-state index contributed by atoms with van der Waals surface area (Å²) >= 11 is 0. The topological polar surface area (TPSA) is 38.9 Å². The summed E-state index contributed by atoms with van der Waals surface area (Å²) < 4.78 is 14.7. The van der Waals surface area contributed by atoms with Crippen molar-refractivity contribution in [1.29, 1.82) is 0 Å². The number of hydrogen-bond acceptors (Lipinski definition) is 2. The second-order valence-corrected chi connectivity index (χ2v) is 6.73. The monoisotopic (exact) mass is 372 g/mol. The average Bonchev–Trinajstić information content (AvgIpc) is 2.63. The summed E-state index contributed by atoms with van der Waals surface area (Å²) in [4.78, 5) is 4.29. The van der Waals surface area contributed by atoms with E-state index in [2.05, 4.69) is 18.5 Å². The van der Waals surface area contributed by atoms with Crippen LogP contribution in [-0.4, -0.2) is 4.98 Å². The van der Waals surface area contributed by atoms with Crippen LogP contribution in [0.25, 0.3) is 0 Å². The van der Waals surface area contributed by atoms with Gasteiger partial charge in [-0.1, -0.05) is 51.6 Å². The van der Waals surface area contributed by atoms with Gasteiger partial charge in [-0.2, -0.15) is 0 Å². The van der Waals surface area contributed by atoms with Gasteiger partial charge in [-0.05, 0) is 69.9 Å². The number of hydrogen-bond donors (Lipinski definition) is 1. The highest BCUT2D eigenvalue weighted by Crippen LogP contribution is 2.38. The first kappa shape index (κ1) is 25.0. The third-order valence-corrected chi connectivity index (χ3v) is 4.37. The van der Waals surface area contributed by atoms with Crippen molar-refractivity contribution in [3.05, 3.63) is 76.6 Å². The third kappa shape index (κ3) is 7.26. The van der Waals surface area contributed by atoms with Gasteiger partial charge in [0.2, 0.25) is 0 Å². The van der Waals surface area contributed by atoms with E-state index >= 15 is 0 Å². The summed E-state index contributed by atoms with van der Waals surface area (Å²) in [6, 6.07) is 11.6. The molecule has 0 saturated heterocycles. The van der Waals surface area contributed by atoms with Gasteiger partial charge >= 0.3 is 0 Å². The molecule has 0 aliphatic heterocycles. The molecule has 0 aliphatic carbocycles. The lowest BCUT2D eigenvalue weighted by Gasteiger charge is -2.27. The van der Waals surface area contributed by atoms with Crippen LogP contribution < -0.4 is 5.73 Å². The first-order valence-electron chi connectivity index (χ1n) is 9.74. The van der Waals surface area contributed by atoms with E-state index in [-0.39, 0.29) is 6.04 Å². The van der Waals surface area contributed by atoms with Gasteiger partial charge in [0.25, 0.3) is 0 Å². The van der Waals surface area contributed by atoms with E-state index in [9.17, 15) is 4.39 Å². The van der Waals surface area contributed by atoms with Crippen molar-refractivity contribution in [3.63, 3.8) is 0 Å². The number of nitrogens with zero attached hydrogens (tertiary/aromatic N) is 1. The minimum absolute atomic E-state index is 0.177. The van der Waals surface area contributed by atoms with Gasteiger partial charge in [-0.25, -0.2) is 4.39 Å². The van der Waals surface area contributed by atoms with E-state index in [1.54, 1.807) is 13.8 Å². The highest BCUT2D eigenvalue weighted by Gasteiger charge is 2.31. The van der Waals surface area contributed by atoms with E-state index in [0.717, 1.165) is 23.2 Å². The number of pyridine rings is 1. The van der Waals surface area contributed by atoms with Crippen LogP contribution in [0.5, 0.6) is 0 Å². The molecule has 2 atom stereocenters. The molecule has 0 radical (unpaired) electrons. The number of aryl methyl sites for hydroxylation is 3. The smallest absolute Gasteiger partial charge is 0.154 e. The third-order valence-electron chi connectivity index (χ3n) is 4.37. The Morgan fingerprint density at radius 3 is 2.15 bits per heavy atom. The Balaban J connectivity index is 0.000000519. The SMILES string of the molecule is C=C(C)C(C)(F)c1c(C)cccc1C(C)N.CC.CCc1cccc(C)n1. The second-order valence-electron chi connectivity index (χ2n) is 6.73. The lowest BCUT2D eigenvalue weighted by Crippen LogP contribution is -2.22. The zero-order valence-electron chi connectivity index (χ0n) is 18.4. The average molecular weight is 373 g/mol. The van der Waals surface area contributed by atoms with Gasteiger partial charge in [-0.15, -0.1) is 0 Å². The fraction of sp³-hybridized carbons (Fsp3) is 0.458. The van der Waals surface area contributed by atoms with E-state index in [4.69, 9.17) is 5.73 Å². The zero-order chi connectivity index (χ0) is 21.2. The second kappa shape index (κ2) is 11.7. The normalized spacial score (nSPS) is 13.3. The molecule has 2 nitrogen and oxygen atoms in total. The first-order chi connectivity index (χ1) is 12.6. The Kier molecular flexibility index (Phi) is 10.8. The number of aromatic nitrogens is 1. The van der Waals surface area contributed by atoms with Crippen molar-refractivity contribution in [2.45, 2.75) is 73.5 Å². The van der Waals surface area contributed by atoms with Gasteiger partial charge in [0, 0.05) is 23.0 Å². The molecule has 3 heteroatoms. The summed E-state index contributed by atoms with van der Waals surface area (Å²) in [5.41, 5.74) is 9.59. The molecule has 1 heterocycles. The molecular weight excluding hydrogens is 335 g/mol. The molecule has 0 saturated carbocycles. The summed E-state index contributed by atoms with van der Waals surface area (Å²) in [5.74, 6) is 0. The molecular formula is C24H37FN2. The van der Waals surface area contributed by atoms with Crippen LogP contribution >= 0.6 is 0 Å². The van der Waals surface area contributed by atoms with Crippen LogP contribution in [0.1, 0.15) is 75.7 Å². The summed E-state index contributed by atoms with van der Waals surface area (Å²) in [7, 11) is 0. The van der Waals surface area contributed by atoms with Crippen molar-refractivity contribution in [1.82, 2.24) is 4.98 Å². The molecule has 0 amide bonds. The quantitative estimate of drug-likeness (QED) is 0.603. The highest BCUT2D eigenvalue weighted by atomic mass is 19.1. The maximum absolute atomic E-state index is 14.7. The molecule has 27 heavy (non-hydrogen) atoms. The van der Waals surface area contributed by atoms with Crippen LogP contribution in [0, 0.1) is 13.8 Å². The van der Waals surface area contributed by atoms with Gasteiger partial charge in [0.1, 0.15) is 0 Å². The Labute approximate surface area is 165 Å². The maximum atomic E-state index is 14.7. The molecule has 0 fully saturated rings. The predicted octanol–water partition coefficient (Wildman–Crippen LogP) is 6.75. The van der Waals surface area contributed by atoms with Crippen molar-refractivity contribution >= 4 is 0 Å². The molecule has 0 spiro atoms. The Hall–Kier alpha value is -2.00. The number of rotatable bonds is 4. The standard InChI is InChI=1S/C14H20FN.C8H11N.C2H6/c1-9(2)14(5,15)13-10(3)7-6-8-12(13)11(4)16;1-3-8-6-4-5-7(2)9-8;1-2/h6-8,11H,1,16H2,2-5H3;4-6H,3H2,1-2H3;1-2H3. The highest BCUT2D eigenvalue weighted by molar-refractivity contribution is 5.44. The number of nitrogens with two attached hydrogens (primary N) is 1. The van der Waals surface area contributed by atoms with Crippen LogP contribution in [0.4, 0.5) is 4.39 Å². The fourth-order valence-electron chi connectivity index (χ4n) is 2.72. The number of halogens is 1. The Morgan fingerprint density at radius 1 is 1.19 bits per heavy atom. The predicted molar refractivity (Wildman–Crippen MR) is 117 cm³/mol. The minimum atomic E-state index is -1.52. The molecule has 1 aromatic carbocycles. The minimum Gasteiger partial charge on any atom is -0.324 e. The Morgan fingerprint density at radius 2 is 1.74 bits per heavy atom. The number of benzene rings is 1. The first-order valence-corrected chi connectivity index (χ1v) is 9.74. The lowest BCUT2D eigenvalue weighted by molar-refractivity contribution is 0.241. The molecule has 2 N–H and O–H groups in total. The van der Waals surface area contributed by atoms with Gasteiger partial charge < -0.3 is 5.73 Å². The molecule has 2 rings (SSSR count). The van der Waals surface area contributed by atoms with Crippen molar-refractivity contribution in [3.8, 4) is 0 Å². The number of allylic oxidation sites excluding steroid dienone is 1. The van der Waals surface area contributed by atoms with Crippen LogP contribution in [0.15, 0.2) is 48.6 Å². The fourth-order valence-corrected chi connectivity index (χ4v) is 2.72. The van der Waals surface area contributed by atoms with Crippen LogP contribution in [0.3, 0.4) is 0 Å².